The van der Waals surface area contributed by atoms with E-state index in [0.717, 1.165) is 0 Å². The summed E-state index contributed by atoms with van der Waals surface area (Å²) >= 11 is 0. The van der Waals surface area contributed by atoms with Crippen LogP contribution in [0.4, 0.5) is 0 Å². The molecule has 0 bridgehead atoms. The number of benzene rings is 1. The normalized spacial score (nSPS) is 11.2. The maximum Gasteiger partial charge on any atom is 0.251 e. The Morgan fingerprint density at radius 3 is 3.00 bits per heavy atom. The first kappa shape index (κ1) is 14.5. The highest BCUT2D eigenvalue weighted by molar-refractivity contribution is 5.94. The molecule has 2 aromatic rings. The van der Waals surface area contributed by atoms with Gasteiger partial charge in [-0.3, -0.25) is 9.78 Å². The summed E-state index contributed by atoms with van der Waals surface area (Å²) in [6.45, 7) is 2.23. The van der Waals surface area contributed by atoms with Gasteiger partial charge in [0.15, 0.2) is 0 Å². The van der Waals surface area contributed by atoms with Crippen LogP contribution in [-0.4, -0.2) is 23.5 Å². The molecule has 1 heterocycles. The molecule has 0 aliphatic heterocycles. The Morgan fingerprint density at radius 2 is 2.29 bits per heavy atom. The summed E-state index contributed by atoms with van der Waals surface area (Å²) in [5.74, 6) is 0.430. The van der Waals surface area contributed by atoms with E-state index < -0.39 is 0 Å². The second-order valence-electron chi connectivity index (χ2n) is 4.52. The van der Waals surface area contributed by atoms with Gasteiger partial charge >= 0.3 is 0 Å². The number of ether oxygens (including phenoxy) is 1. The number of pyridine rings is 1. The molecule has 5 nitrogen and oxygen atoms in total. The lowest BCUT2D eigenvalue weighted by Crippen LogP contribution is -2.33. The molecule has 106 valence electrons. The number of hydrogen-bond acceptors (Lipinski definition) is 4. The maximum atomic E-state index is 12.0. The Kier molecular flexibility index (Phi) is 4.89. The van der Waals surface area contributed by atoms with Gasteiger partial charge in [0, 0.05) is 11.8 Å². The number of nitrogens with one attached hydrogen (secondary N) is 1. The minimum Gasteiger partial charge on any atom is -0.487 e. The van der Waals surface area contributed by atoms with Crippen molar-refractivity contribution in [1.29, 1.82) is 5.26 Å². The number of carbonyl (C=O) groups excluding carboxylic acids is 1. The molecule has 0 saturated heterocycles. The van der Waals surface area contributed by atoms with E-state index in [1.165, 1.54) is 0 Å². The summed E-state index contributed by atoms with van der Waals surface area (Å²) in [7, 11) is 0. The van der Waals surface area contributed by atoms with Crippen molar-refractivity contribution in [2.24, 2.45) is 0 Å². The van der Waals surface area contributed by atoms with E-state index in [2.05, 4.69) is 10.3 Å². The van der Waals surface area contributed by atoms with E-state index in [1.807, 2.05) is 19.1 Å². The molecule has 0 aliphatic carbocycles. The quantitative estimate of drug-likeness (QED) is 0.911. The van der Waals surface area contributed by atoms with Crippen LogP contribution in [-0.2, 0) is 0 Å². The standard InChI is InChI=1S/C16H15N3O2/c1-12(21-15-6-3-7-18-11-15)10-19-16(20)14-5-2-4-13(8-14)9-17/h2-8,11-12H,10H2,1H3,(H,19,20). The lowest BCUT2D eigenvalue weighted by Gasteiger charge is -2.15. The van der Waals surface area contributed by atoms with Gasteiger partial charge in [-0.15, -0.1) is 0 Å². The largest absolute Gasteiger partial charge is 0.487 e. The molecule has 0 aliphatic rings. The van der Waals surface area contributed by atoms with Gasteiger partial charge in [-0.2, -0.15) is 5.26 Å². The summed E-state index contributed by atoms with van der Waals surface area (Å²) in [5, 5.41) is 11.6. The summed E-state index contributed by atoms with van der Waals surface area (Å²) in [6.07, 6.45) is 3.10. The number of hydrogen-bond donors (Lipinski definition) is 1. The Morgan fingerprint density at radius 1 is 1.43 bits per heavy atom. The molecule has 1 aromatic carbocycles. The average Bonchev–Trinajstić information content (AvgIpc) is 2.53. The van der Waals surface area contributed by atoms with Crippen LogP contribution in [0.3, 0.4) is 0 Å². The van der Waals surface area contributed by atoms with Gasteiger partial charge in [0.25, 0.3) is 5.91 Å². The van der Waals surface area contributed by atoms with Crippen molar-refractivity contribution in [2.45, 2.75) is 13.0 Å². The molecule has 21 heavy (non-hydrogen) atoms. The predicted molar refractivity (Wildman–Crippen MR) is 77.8 cm³/mol. The molecule has 1 N–H and O–H groups in total. The van der Waals surface area contributed by atoms with Gasteiger partial charge in [-0.1, -0.05) is 6.07 Å². The number of carbonyl (C=O) groups is 1. The lowest BCUT2D eigenvalue weighted by atomic mass is 10.1. The summed E-state index contributed by atoms with van der Waals surface area (Å²) < 4.78 is 5.62. The van der Waals surface area contributed by atoms with Gasteiger partial charge in [0.05, 0.1) is 24.4 Å². The summed E-state index contributed by atoms with van der Waals surface area (Å²) in [6, 6.07) is 12.2. The molecular weight excluding hydrogens is 266 g/mol. The van der Waals surface area contributed by atoms with Crippen LogP contribution in [0, 0.1) is 11.3 Å². The van der Waals surface area contributed by atoms with Crippen LogP contribution in [0.1, 0.15) is 22.8 Å². The highest BCUT2D eigenvalue weighted by atomic mass is 16.5. The van der Waals surface area contributed by atoms with Crippen molar-refractivity contribution >= 4 is 5.91 Å². The average molecular weight is 281 g/mol. The van der Waals surface area contributed by atoms with Crippen LogP contribution < -0.4 is 10.1 Å². The zero-order valence-corrected chi connectivity index (χ0v) is 11.6. The van der Waals surface area contributed by atoms with Crippen molar-refractivity contribution in [3.8, 4) is 11.8 Å². The van der Waals surface area contributed by atoms with Crippen LogP contribution in [0.5, 0.6) is 5.75 Å². The van der Waals surface area contributed by atoms with E-state index in [1.54, 1.807) is 42.7 Å². The first-order valence-electron chi connectivity index (χ1n) is 6.54. The molecule has 5 heteroatoms. The van der Waals surface area contributed by atoms with Crippen molar-refractivity contribution in [3.05, 3.63) is 59.9 Å². The van der Waals surface area contributed by atoms with Crippen molar-refractivity contribution in [1.82, 2.24) is 10.3 Å². The number of nitriles is 1. The number of amides is 1. The topological polar surface area (TPSA) is 75.0 Å². The molecular formula is C16H15N3O2. The minimum atomic E-state index is -0.228. The molecule has 1 amide bonds. The minimum absolute atomic E-state index is 0.183. The third-order valence-electron chi connectivity index (χ3n) is 2.78. The number of rotatable bonds is 5. The zero-order chi connectivity index (χ0) is 15.1. The fraction of sp³-hybridized carbons (Fsp3) is 0.188. The highest BCUT2D eigenvalue weighted by Gasteiger charge is 2.09. The van der Waals surface area contributed by atoms with Crippen molar-refractivity contribution in [2.75, 3.05) is 6.54 Å². The van der Waals surface area contributed by atoms with Gasteiger partial charge in [-0.05, 0) is 37.3 Å². The number of nitrogens with zero attached hydrogens (tertiary/aromatic N) is 2. The molecule has 1 atom stereocenters. The van der Waals surface area contributed by atoms with Crippen LogP contribution in [0.2, 0.25) is 0 Å². The SMILES string of the molecule is CC(CNC(=O)c1cccc(C#N)c1)Oc1cccnc1. The molecule has 2 rings (SSSR count). The van der Waals surface area contributed by atoms with Gasteiger partial charge in [-0.25, -0.2) is 0 Å². The van der Waals surface area contributed by atoms with Crippen LogP contribution in [0.15, 0.2) is 48.8 Å². The van der Waals surface area contributed by atoms with Crippen molar-refractivity contribution in [3.63, 3.8) is 0 Å². The van der Waals surface area contributed by atoms with E-state index in [-0.39, 0.29) is 12.0 Å². The monoisotopic (exact) mass is 281 g/mol. The lowest BCUT2D eigenvalue weighted by molar-refractivity contribution is 0.0932. The van der Waals surface area contributed by atoms with Gasteiger partial charge in [0.1, 0.15) is 11.9 Å². The van der Waals surface area contributed by atoms with Gasteiger partial charge in [0.2, 0.25) is 0 Å². The van der Waals surface area contributed by atoms with Crippen LogP contribution in [0.25, 0.3) is 0 Å². The second-order valence-corrected chi connectivity index (χ2v) is 4.52. The summed E-state index contributed by atoms with van der Waals surface area (Å²) in [5.41, 5.74) is 0.921. The molecule has 0 radical (unpaired) electrons. The van der Waals surface area contributed by atoms with Crippen LogP contribution >= 0.6 is 0 Å². The van der Waals surface area contributed by atoms with Gasteiger partial charge < -0.3 is 10.1 Å². The Hall–Kier alpha value is -2.87. The molecule has 0 spiro atoms. The Bertz CT molecular complexity index is 650. The Balaban J connectivity index is 1.87. The fourth-order valence-electron chi connectivity index (χ4n) is 1.76. The van der Waals surface area contributed by atoms with E-state index >= 15 is 0 Å². The van der Waals surface area contributed by atoms with Crippen molar-refractivity contribution < 1.29 is 9.53 Å². The zero-order valence-electron chi connectivity index (χ0n) is 11.6. The number of aromatic nitrogens is 1. The Labute approximate surface area is 123 Å². The second kappa shape index (κ2) is 7.06. The van der Waals surface area contributed by atoms with E-state index in [9.17, 15) is 4.79 Å². The third kappa shape index (κ3) is 4.32. The molecule has 0 saturated carbocycles. The summed E-state index contributed by atoms with van der Waals surface area (Å²) in [4.78, 5) is 15.9. The smallest absolute Gasteiger partial charge is 0.251 e. The molecule has 0 fully saturated rings. The van der Waals surface area contributed by atoms with E-state index in [4.69, 9.17) is 10.00 Å². The van der Waals surface area contributed by atoms with E-state index in [0.29, 0.717) is 23.4 Å². The maximum absolute atomic E-state index is 12.0. The highest BCUT2D eigenvalue weighted by Crippen LogP contribution is 2.09. The first-order chi connectivity index (χ1) is 10.2. The molecule has 1 unspecified atom stereocenters. The first-order valence-corrected chi connectivity index (χ1v) is 6.54. The third-order valence-corrected chi connectivity index (χ3v) is 2.78. The molecule has 1 aromatic heterocycles. The fourth-order valence-corrected chi connectivity index (χ4v) is 1.76. The predicted octanol–water partition coefficient (Wildman–Crippen LogP) is 2.15.